The molecule has 0 amide bonds. The number of nitrogens with one attached hydrogen (secondary N) is 2. The van der Waals surface area contributed by atoms with Crippen LogP contribution >= 0.6 is 55.1 Å². The number of morpholine rings is 1. The van der Waals surface area contributed by atoms with Crippen molar-refractivity contribution >= 4 is 84.8 Å². The summed E-state index contributed by atoms with van der Waals surface area (Å²) >= 11 is 19.5. The summed E-state index contributed by atoms with van der Waals surface area (Å²) in [6.45, 7) is 4.81. The molecule has 1 aliphatic rings. The molecule has 10 nitrogen and oxygen atoms in total. The number of rotatable bonds is 10. The zero-order valence-electron chi connectivity index (χ0n) is 23.2. The van der Waals surface area contributed by atoms with Crippen LogP contribution in [0.1, 0.15) is 16.7 Å². The molecule has 2 heterocycles. The van der Waals surface area contributed by atoms with Gasteiger partial charge in [0.1, 0.15) is 6.61 Å². The lowest BCUT2D eigenvalue weighted by atomic mass is 10.2. The van der Waals surface area contributed by atoms with Crippen molar-refractivity contribution in [3.05, 3.63) is 84.2 Å². The normalized spacial score (nSPS) is 13.3. The lowest BCUT2D eigenvalue weighted by Gasteiger charge is -2.27. The molecule has 1 saturated heterocycles. The number of halogens is 4. The predicted molar refractivity (Wildman–Crippen MR) is 178 cm³/mol. The first-order valence-electron chi connectivity index (χ1n) is 13.1. The zero-order valence-corrected chi connectivity index (χ0v) is 27.9. The first-order chi connectivity index (χ1) is 20.8. The summed E-state index contributed by atoms with van der Waals surface area (Å²) in [5, 5.41) is 8.74. The SMILES string of the molecule is COc1cc(C=NNc2nc(Nc3ccc(C)cc3Br)nc(N3CCOCC3)n2)cc(Br)c1OCc1ccc(Cl)cc1Cl. The zero-order chi connectivity index (χ0) is 30.3. The number of hydrogen-bond acceptors (Lipinski definition) is 10. The van der Waals surface area contributed by atoms with Gasteiger partial charge in [-0.25, -0.2) is 5.43 Å². The number of benzene rings is 3. The molecule has 14 heteroatoms. The van der Waals surface area contributed by atoms with Gasteiger partial charge in [-0.3, -0.25) is 0 Å². The van der Waals surface area contributed by atoms with E-state index in [4.69, 9.17) is 37.4 Å². The average Bonchev–Trinajstić information content (AvgIpc) is 2.99. The van der Waals surface area contributed by atoms with Crippen LogP contribution in [0, 0.1) is 6.92 Å². The molecule has 2 N–H and O–H groups in total. The summed E-state index contributed by atoms with van der Waals surface area (Å²) in [6, 6.07) is 14.9. The Labute approximate surface area is 276 Å². The van der Waals surface area contributed by atoms with Gasteiger partial charge in [0.05, 0.1) is 36.7 Å². The van der Waals surface area contributed by atoms with Gasteiger partial charge in [0.25, 0.3) is 0 Å². The number of aryl methyl sites for hydroxylation is 1. The largest absolute Gasteiger partial charge is 0.493 e. The number of hydrogen-bond donors (Lipinski definition) is 2. The van der Waals surface area contributed by atoms with Gasteiger partial charge in [-0.1, -0.05) is 35.3 Å². The lowest BCUT2D eigenvalue weighted by molar-refractivity contribution is 0.122. The van der Waals surface area contributed by atoms with Crippen LogP contribution in [-0.2, 0) is 11.3 Å². The number of methoxy groups -OCH3 is 1. The van der Waals surface area contributed by atoms with Crippen molar-refractivity contribution in [3.8, 4) is 11.5 Å². The second-order valence-electron chi connectivity index (χ2n) is 9.42. The van der Waals surface area contributed by atoms with E-state index in [0.717, 1.165) is 26.9 Å². The third kappa shape index (κ3) is 8.27. The maximum atomic E-state index is 6.30. The van der Waals surface area contributed by atoms with Crippen molar-refractivity contribution in [2.75, 3.05) is 49.1 Å². The van der Waals surface area contributed by atoms with E-state index in [1.807, 2.05) is 48.2 Å². The van der Waals surface area contributed by atoms with Crippen molar-refractivity contribution < 1.29 is 14.2 Å². The highest BCUT2D eigenvalue weighted by atomic mass is 79.9. The molecule has 5 rings (SSSR count). The molecule has 0 bridgehead atoms. The Morgan fingerprint density at radius 3 is 2.53 bits per heavy atom. The highest BCUT2D eigenvalue weighted by Gasteiger charge is 2.18. The van der Waals surface area contributed by atoms with Crippen LogP contribution in [0.2, 0.25) is 10.0 Å². The Morgan fingerprint density at radius 1 is 1.00 bits per heavy atom. The van der Waals surface area contributed by atoms with Crippen molar-refractivity contribution in [2.24, 2.45) is 5.10 Å². The predicted octanol–water partition coefficient (Wildman–Crippen LogP) is 7.63. The molecule has 1 aromatic heterocycles. The fourth-order valence-electron chi connectivity index (χ4n) is 4.12. The number of hydrazone groups is 1. The van der Waals surface area contributed by atoms with Crippen LogP contribution in [0.25, 0.3) is 0 Å². The Hall–Kier alpha value is -3.16. The van der Waals surface area contributed by atoms with Crippen LogP contribution in [0.4, 0.5) is 23.5 Å². The van der Waals surface area contributed by atoms with Crippen LogP contribution in [-0.4, -0.2) is 54.6 Å². The number of aromatic nitrogens is 3. The van der Waals surface area contributed by atoms with Crippen LogP contribution < -0.4 is 25.1 Å². The number of anilines is 4. The minimum absolute atomic E-state index is 0.236. The molecule has 0 atom stereocenters. The van der Waals surface area contributed by atoms with Crippen LogP contribution in [0.15, 0.2) is 62.6 Å². The monoisotopic (exact) mass is 749 g/mol. The van der Waals surface area contributed by atoms with E-state index < -0.39 is 0 Å². The molecular formula is C29H27Br2Cl2N7O3. The van der Waals surface area contributed by atoms with Crippen molar-refractivity contribution in [2.45, 2.75) is 13.5 Å². The van der Waals surface area contributed by atoms with Gasteiger partial charge in [-0.15, -0.1) is 0 Å². The summed E-state index contributed by atoms with van der Waals surface area (Å²) in [6.07, 6.45) is 1.63. The Kier molecular flexibility index (Phi) is 10.6. The molecule has 1 fully saturated rings. The third-order valence-electron chi connectivity index (χ3n) is 6.31. The second-order valence-corrected chi connectivity index (χ2v) is 12.0. The standard InChI is InChI=1S/C29H27Br2Cl2N7O3/c1-17-3-6-24(21(30)11-17)35-27-36-28(38-29(37-27)40-7-9-42-10-8-40)39-34-15-18-12-22(31)26(25(13-18)41-2)43-16-19-4-5-20(32)14-23(19)33/h3-6,11-15H,7-10,16H2,1-2H3,(H2,35,36,37,38,39). The van der Waals surface area contributed by atoms with Gasteiger partial charge in [-0.2, -0.15) is 20.1 Å². The molecule has 0 radical (unpaired) electrons. The van der Waals surface area contributed by atoms with Crippen molar-refractivity contribution in [3.63, 3.8) is 0 Å². The minimum atomic E-state index is 0.236. The maximum Gasteiger partial charge on any atom is 0.250 e. The Bertz CT molecular complexity index is 1640. The first-order valence-corrected chi connectivity index (χ1v) is 15.5. The van der Waals surface area contributed by atoms with E-state index in [1.165, 1.54) is 0 Å². The third-order valence-corrected chi connectivity index (χ3v) is 8.14. The molecule has 0 unspecified atom stereocenters. The molecule has 1 aliphatic heterocycles. The van der Waals surface area contributed by atoms with E-state index >= 15 is 0 Å². The van der Waals surface area contributed by atoms with E-state index in [1.54, 1.807) is 25.5 Å². The van der Waals surface area contributed by atoms with Crippen molar-refractivity contribution in [1.82, 2.24) is 15.0 Å². The molecule has 3 aromatic carbocycles. The summed E-state index contributed by atoms with van der Waals surface area (Å²) < 4.78 is 18.7. The second kappa shape index (κ2) is 14.5. The average molecular weight is 752 g/mol. The summed E-state index contributed by atoms with van der Waals surface area (Å²) in [5.74, 6) is 2.23. The Balaban J connectivity index is 1.34. The lowest BCUT2D eigenvalue weighted by Crippen LogP contribution is -2.37. The highest BCUT2D eigenvalue weighted by molar-refractivity contribution is 9.11. The fraction of sp³-hybridized carbons (Fsp3) is 0.241. The molecule has 224 valence electrons. The topological polar surface area (TPSA) is 106 Å². The summed E-state index contributed by atoms with van der Waals surface area (Å²) in [7, 11) is 1.57. The first kappa shape index (κ1) is 31.3. The van der Waals surface area contributed by atoms with Gasteiger partial charge in [0.2, 0.25) is 17.8 Å². The van der Waals surface area contributed by atoms with Gasteiger partial charge in [0, 0.05) is 33.2 Å². The summed E-state index contributed by atoms with van der Waals surface area (Å²) in [5.41, 5.74) is 6.44. The maximum absolute atomic E-state index is 6.30. The van der Waals surface area contributed by atoms with Gasteiger partial charge < -0.3 is 24.4 Å². The van der Waals surface area contributed by atoms with Gasteiger partial charge in [0.15, 0.2) is 11.5 Å². The molecule has 43 heavy (non-hydrogen) atoms. The van der Waals surface area contributed by atoms with Crippen LogP contribution in [0.3, 0.4) is 0 Å². The summed E-state index contributed by atoms with van der Waals surface area (Å²) in [4.78, 5) is 15.8. The smallest absolute Gasteiger partial charge is 0.250 e. The van der Waals surface area contributed by atoms with E-state index in [-0.39, 0.29) is 12.6 Å². The van der Waals surface area contributed by atoms with E-state index in [2.05, 4.69) is 62.7 Å². The molecule has 0 spiro atoms. The number of ether oxygens (including phenoxy) is 3. The number of nitrogens with zero attached hydrogens (tertiary/aromatic N) is 5. The van der Waals surface area contributed by atoms with Gasteiger partial charge >= 0.3 is 0 Å². The fourth-order valence-corrected chi connectivity index (χ4v) is 5.75. The minimum Gasteiger partial charge on any atom is -0.493 e. The van der Waals surface area contributed by atoms with Crippen LogP contribution in [0.5, 0.6) is 11.5 Å². The Morgan fingerprint density at radius 2 is 1.79 bits per heavy atom. The van der Waals surface area contributed by atoms with E-state index in [9.17, 15) is 0 Å². The molecule has 0 aliphatic carbocycles. The van der Waals surface area contributed by atoms with Gasteiger partial charge in [-0.05, 0) is 86.3 Å². The highest BCUT2D eigenvalue weighted by Crippen LogP contribution is 2.37. The quantitative estimate of drug-likeness (QED) is 0.125. The molecule has 4 aromatic rings. The van der Waals surface area contributed by atoms with Crippen molar-refractivity contribution in [1.29, 1.82) is 0 Å². The molecule has 0 saturated carbocycles. The molecular weight excluding hydrogens is 725 g/mol. The van der Waals surface area contributed by atoms with E-state index in [0.29, 0.717) is 64.2 Å².